The van der Waals surface area contributed by atoms with Crippen molar-refractivity contribution in [2.75, 3.05) is 43.2 Å². The van der Waals surface area contributed by atoms with E-state index in [1.165, 1.54) is 0 Å². The van der Waals surface area contributed by atoms with Crippen LogP contribution in [0.3, 0.4) is 0 Å². The van der Waals surface area contributed by atoms with Gasteiger partial charge in [-0.15, -0.1) is 0 Å². The topological polar surface area (TPSA) is 54.1 Å². The Hall–Kier alpha value is -2.18. The summed E-state index contributed by atoms with van der Waals surface area (Å²) >= 11 is 1.64. The maximum absolute atomic E-state index is 5.76. The Kier molecular flexibility index (Phi) is 6.56. The molecule has 0 unspecified atom stereocenters. The second-order valence-corrected chi connectivity index (χ2v) is 7.99. The minimum atomic E-state index is -0.412. The molecule has 0 aromatic heterocycles. The molecule has 0 radical (unpaired) electrons. The molecule has 2 rings (SSSR count). The van der Waals surface area contributed by atoms with Crippen LogP contribution in [0.2, 0.25) is 0 Å². The summed E-state index contributed by atoms with van der Waals surface area (Å²) in [4.78, 5) is 7.88. The van der Waals surface area contributed by atoms with Gasteiger partial charge in [-0.05, 0) is 68.3 Å². The van der Waals surface area contributed by atoms with E-state index in [0.29, 0.717) is 0 Å². The van der Waals surface area contributed by atoms with E-state index in [0.717, 1.165) is 27.6 Å². The molecule has 0 aliphatic rings. The summed E-state index contributed by atoms with van der Waals surface area (Å²) in [6, 6.07) is 14.1. The lowest BCUT2D eigenvalue weighted by molar-refractivity contribution is 0.0872. The molecule has 2 aromatic carbocycles. The monoisotopic (exact) mass is 372 g/mol. The largest absolute Gasteiger partial charge is 0.399 e. The van der Waals surface area contributed by atoms with E-state index < -0.39 is 5.60 Å². The van der Waals surface area contributed by atoms with Crippen LogP contribution in [0.25, 0.3) is 0 Å². The van der Waals surface area contributed by atoms with Crippen molar-refractivity contribution in [2.24, 2.45) is 4.99 Å². The molecule has 0 amide bonds. The quantitative estimate of drug-likeness (QED) is 0.437. The zero-order valence-corrected chi connectivity index (χ0v) is 17.2. The lowest BCUT2D eigenvalue weighted by Crippen LogP contribution is -2.23. The van der Waals surface area contributed by atoms with Gasteiger partial charge in [0.25, 0.3) is 0 Å². The lowest BCUT2D eigenvalue weighted by Gasteiger charge is -2.22. The Bertz CT molecular complexity index is 757. The Morgan fingerprint density at radius 3 is 2.31 bits per heavy atom. The predicted molar refractivity (Wildman–Crippen MR) is 115 cm³/mol. The van der Waals surface area contributed by atoms with E-state index >= 15 is 0 Å². The van der Waals surface area contributed by atoms with Gasteiger partial charge in [-0.3, -0.25) is 4.99 Å². The molecule has 2 N–H and O–H groups in total. The van der Waals surface area contributed by atoms with E-state index in [4.69, 9.17) is 10.5 Å². The highest BCUT2D eigenvalue weighted by molar-refractivity contribution is 8.00. The first-order chi connectivity index (χ1) is 12.2. The number of nitrogens with zero attached hydrogens (tertiary/aromatic N) is 3. The van der Waals surface area contributed by atoms with Crippen molar-refractivity contribution in [1.29, 1.82) is 0 Å². The van der Waals surface area contributed by atoms with Crippen LogP contribution in [-0.4, -0.2) is 40.1 Å². The zero-order valence-electron chi connectivity index (χ0n) is 16.4. The van der Waals surface area contributed by atoms with Gasteiger partial charge in [-0.1, -0.05) is 0 Å². The summed E-state index contributed by atoms with van der Waals surface area (Å²) < 4.78 is 7.55. The van der Waals surface area contributed by atoms with Gasteiger partial charge >= 0.3 is 0 Å². The molecule has 0 atom stereocenters. The molecule has 0 aliphatic heterocycles. The average molecular weight is 373 g/mol. The van der Waals surface area contributed by atoms with Crippen molar-refractivity contribution in [1.82, 2.24) is 0 Å². The van der Waals surface area contributed by atoms with Crippen LogP contribution in [-0.2, 0) is 4.74 Å². The van der Waals surface area contributed by atoms with Crippen molar-refractivity contribution in [3.63, 3.8) is 0 Å². The molecule has 2 aromatic rings. The summed E-state index contributed by atoms with van der Waals surface area (Å²) in [5.41, 5.74) is 9.15. The van der Waals surface area contributed by atoms with Crippen LogP contribution >= 0.6 is 11.9 Å². The molecule has 0 aliphatic carbocycles. The maximum Gasteiger partial charge on any atom is 0.0972 e. The summed E-state index contributed by atoms with van der Waals surface area (Å²) in [7, 11) is 7.76. The Labute approximate surface area is 161 Å². The van der Waals surface area contributed by atoms with Crippen LogP contribution in [0.4, 0.5) is 22.7 Å². The molecular formula is C20H28N4OS. The van der Waals surface area contributed by atoms with Crippen molar-refractivity contribution in [2.45, 2.75) is 24.3 Å². The first-order valence-electron chi connectivity index (χ1n) is 8.41. The van der Waals surface area contributed by atoms with Crippen molar-refractivity contribution < 1.29 is 4.74 Å². The summed E-state index contributed by atoms with van der Waals surface area (Å²) in [5, 5.41) is 0. The highest BCUT2D eigenvalue weighted by atomic mass is 32.2. The molecule has 5 nitrogen and oxygen atoms in total. The second kappa shape index (κ2) is 8.47. The fourth-order valence-corrected chi connectivity index (χ4v) is 3.00. The van der Waals surface area contributed by atoms with Crippen molar-refractivity contribution in [3.8, 4) is 0 Å². The van der Waals surface area contributed by atoms with Crippen molar-refractivity contribution >= 4 is 40.9 Å². The van der Waals surface area contributed by atoms with Gasteiger partial charge in [-0.2, -0.15) is 0 Å². The highest BCUT2D eigenvalue weighted by Crippen LogP contribution is 2.35. The lowest BCUT2D eigenvalue weighted by atomic mass is 10.1. The highest BCUT2D eigenvalue weighted by Gasteiger charge is 2.14. The van der Waals surface area contributed by atoms with Crippen LogP contribution in [0.1, 0.15) is 13.8 Å². The Morgan fingerprint density at radius 1 is 1.08 bits per heavy atom. The predicted octanol–water partition coefficient (Wildman–Crippen LogP) is 4.61. The molecule has 0 saturated heterocycles. The van der Waals surface area contributed by atoms with E-state index in [1.54, 1.807) is 19.1 Å². The number of rotatable bonds is 7. The normalized spacial score (nSPS) is 11.8. The molecule has 0 saturated carbocycles. The maximum atomic E-state index is 5.76. The molecule has 0 fully saturated rings. The van der Waals surface area contributed by atoms with E-state index in [-0.39, 0.29) is 0 Å². The number of ether oxygens (including phenoxy) is 1. The van der Waals surface area contributed by atoms with Gasteiger partial charge in [-0.25, -0.2) is 0 Å². The molecule has 0 heterocycles. The molecule has 0 bridgehead atoms. The number of aliphatic imine (C=N–C) groups is 1. The number of hydrogen-bond donors (Lipinski definition) is 1. The summed E-state index contributed by atoms with van der Waals surface area (Å²) in [6.07, 6.45) is 1.84. The molecule has 6 heteroatoms. The molecule has 26 heavy (non-hydrogen) atoms. The minimum absolute atomic E-state index is 0.412. The Morgan fingerprint density at radius 2 is 1.73 bits per heavy atom. The standard InChI is InChI=1S/C20H28N4OS/c1-20(2,25-6)14-22-18-13-16(9-12-19(18)23(3)4)24(5)26-17-10-7-15(21)8-11-17/h7-14H,21H2,1-6H3. The van der Waals surface area contributed by atoms with Gasteiger partial charge < -0.3 is 19.7 Å². The fraction of sp³-hybridized carbons (Fsp3) is 0.350. The molecule has 140 valence electrons. The van der Waals surface area contributed by atoms with Gasteiger partial charge in [0.2, 0.25) is 0 Å². The first kappa shape index (κ1) is 20.1. The Balaban J connectivity index is 2.29. The number of hydrogen-bond acceptors (Lipinski definition) is 6. The number of benzene rings is 2. The van der Waals surface area contributed by atoms with Gasteiger partial charge in [0.1, 0.15) is 0 Å². The summed E-state index contributed by atoms with van der Waals surface area (Å²) in [6.45, 7) is 3.97. The third-order valence-corrected chi connectivity index (χ3v) is 4.94. The number of nitrogen functional groups attached to an aromatic ring is 1. The van der Waals surface area contributed by atoms with Crippen molar-refractivity contribution in [3.05, 3.63) is 42.5 Å². The van der Waals surface area contributed by atoms with E-state index in [2.05, 4.69) is 32.4 Å². The SMILES string of the molecule is COC(C)(C)C=Nc1cc(N(C)Sc2ccc(N)cc2)ccc1N(C)C. The number of anilines is 3. The van der Waals surface area contributed by atoms with Gasteiger partial charge in [0, 0.05) is 50.7 Å². The summed E-state index contributed by atoms with van der Waals surface area (Å²) in [5.74, 6) is 0. The van der Waals surface area contributed by atoms with Crippen LogP contribution in [0, 0.1) is 0 Å². The van der Waals surface area contributed by atoms with Crippen LogP contribution < -0.4 is 14.9 Å². The average Bonchev–Trinajstić information content (AvgIpc) is 2.61. The number of nitrogens with two attached hydrogens (primary N) is 1. The van der Waals surface area contributed by atoms with Crippen LogP contribution in [0.5, 0.6) is 0 Å². The van der Waals surface area contributed by atoms with Gasteiger partial charge in [0.05, 0.1) is 17.0 Å². The van der Waals surface area contributed by atoms with E-state index in [1.807, 2.05) is 65.5 Å². The molecular weight excluding hydrogens is 344 g/mol. The minimum Gasteiger partial charge on any atom is -0.399 e. The third kappa shape index (κ3) is 5.41. The van der Waals surface area contributed by atoms with E-state index in [9.17, 15) is 0 Å². The number of methoxy groups -OCH3 is 1. The first-order valence-corrected chi connectivity index (χ1v) is 9.18. The second-order valence-electron chi connectivity index (χ2n) is 6.79. The van der Waals surface area contributed by atoms with Gasteiger partial charge in [0.15, 0.2) is 0 Å². The van der Waals surface area contributed by atoms with Crippen LogP contribution in [0.15, 0.2) is 52.4 Å². The fourth-order valence-electron chi connectivity index (χ4n) is 2.21. The smallest absolute Gasteiger partial charge is 0.0972 e. The molecule has 0 spiro atoms. The zero-order chi connectivity index (χ0) is 19.3. The third-order valence-electron chi connectivity index (χ3n) is 3.97.